The summed E-state index contributed by atoms with van der Waals surface area (Å²) in [5, 5.41) is 19.9. The monoisotopic (exact) mass is 199 g/mol. The molecule has 0 unspecified atom stereocenters. The molecule has 0 aliphatic carbocycles. The van der Waals surface area contributed by atoms with Gasteiger partial charge in [0.1, 0.15) is 0 Å². The van der Waals surface area contributed by atoms with Gasteiger partial charge in [-0.05, 0) is 13.8 Å². The first-order chi connectivity index (χ1) is 6.74. The minimum Gasteiger partial charge on any atom is -0.394 e. The Morgan fingerprint density at radius 1 is 1.50 bits per heavy atom. The molecule has 1 aromatic rings. The molecule has 0 saturated heterocycles. The number of nitrogens with zero attached hydrogens (tertiary/aromatic N) is 3. The number of hydrogen-bond donors (Lipinski definition) is 3. The quantitative estimate of drug-likeness (QED) is 0.607. The van der Waals surface area contributed by atoms with Crippen LogP contribution in [0.4, 0.5) is 5.95 Å². The van der Waals surface area contributed by atoms with E-state index in [2.05, 4.69) is 15.5 Å². The molecule has 1 aromatic heterocycles. The summed E-state index contributed by atoms with van der Waals surface area (Å²) < 4.78 is 1.87. The first-order valence-electron chi connectivity index (χ1n) is 4.77. The van der Waals surface area contributed by atoms with Crippen LogP contribution in [0.15, 0.2) is 0 Å². The Balaban J connectivity index is 2.94. The van der Waals surface area contributed by atoms with Crippen LogP contribution in [-0.2, 0) is 6.54 Å². The number of aromatic nitrogens is 3. The van der Waals surface area contributed by atoms with Crippen molar-refractivity contribution in [3.8, 4) is 0 Å². The SMILES string of the molecule is CCNc1nnc([C@H](N)CO)n1CC. The zero-order valence-electron chi connectivity index (χ0n) is 8.56. The van der Waals surface area contributed by atoms with Gasteiger partial charge >= 0.3 is 0 Å². The summed E-state index contributed by atoms with van der Waals surface area (Å²) >= 11 is 0. The minimum absolute atomic E-state index is 0.121. The Morgan fingerprint density at radius 3 is 2.71 bits per heavy atom. The van der Waals surface area contributed by atoms with Crippen molar-refractivity contribution in [3.63, 3.8) is 0 Å². The van der Waals surface area contributed by atoms with Crippen LogP contribution in [0.25, 0.3) is 0 Å². The van der Waals surface area contributed by atoms with Gasteiger partial charge in [-0.3, -0.25) is 4.57 Å². The van der Waals surface area contributed by atoms with Crippen LogP contribution in [0.3, 0.4) is 0 Å². The molecule has 0 spiro atoms. The van der Waals surface area contributed by atoms with Crippen molar-refractivity contribution in [2.75, 3.05) is 18.5 Å². The van der Waals surface area contributed by atoms with Gasteiger partial charge in [-0.15, -0.1) is 10.2 Å². The molecule has 0 radical (unpaired) electrons. The first-order valence-corrected chi connectivity index (χ1v) is 4.77. The molecule has 1 heterocycles. The molecule has 0 fully saturated rings. The third-order valence-corrected chi connectivity index (χ3v) is 1.96. The van der Waals surface area contributed by atoms with E-state index in [1.807, 2.05) is 18.4 Å². The molecule has 0 saturated carbocycles. The lowest BCUT2D eigenvalue weighted by molar-refractivity contribution is 0.260. The summed E-state index contributed by atoms with van der Waals surface area (Å²) in [6, 6.07) is -0.463. The first kappa shape index (κ1) is 10.9. The van der Waals surface area contributed by atoms with Gasteiger partial charge in [-0.2, -0.15) is 0 Å². The van der Waals surface area contributed by atoms with E-state index in [4.69, 9.17) is 10.8 Å². The topological polar surface area (TPSA) is 89.0 Å². The van der Waals surface area contributed by atoms with Crippen molar-refractivity contribution in [2.24, 2.45) is 5.73 Å². The van der Waals surface area contributed by atoms with Gasteiger partial charge in [0.05, 0.1) is 12.6 Å². The highest BCUT2D eigenvalue weighted by Gasteiger charge is 2.15. The molecule has 80 valence electrons. The third kappa shape index (κ3) is 2.02. The van der Waals surface area contributed by atoms with E-state index in [1.165, 1.54) is 0 Å². The van der Waals surface area contributed by atoms with E-state index in [-0.39, 0.29) is 6.61 Å². The lowest BCUT2D eigenvalue weighted by Crippen LogP contribution is -2.20. The number of aliphatic hydroxyl groups is 1. The van der Waals surface area contributed by atoms with Crippen molar-refractivity contribution in [1.29, 1.82) is 0 Å². The number of nitrogens with two attached hydrogens (primary N) is 1. The van der Waals surface area contributed by atoms with Gasteiger partial charge in [-0.25, -0.2) is 0 Å². The van der Waals surface area contributed by atoms with E-state index >= 15 is 0 Å². The summed E-state index contributed by atoms with van der Waals surface area (Å²) in [6.07, 6.45) is 0. The van der Waals surface area contributed by atoms with Crippen LogP contribution in [0.5, 0.6) is 0 Å². The number of nitrogens with one attached hydrogen (secondary N) is 1. The molecule has 0 bridgehead atoms. The zero-order valence-corrected chi connectivity index (χ0v) is 8.56. The third-order valence-electron chi connectivity index (χ3n) is 1.96. The lowest BCUT2D eigenvalue weighted by atomic mass is 10.3. The maximum absolute atomic E-state index is 8.92. The number of anilines is 1. The second-order valence-electron chi connectivity index (χ2n) is 2.95. The number of hydrogen-bond acceptors (Lipinski definition) is 5. The van der Waals surface area contributed by atoms with Crippen molar-refractivity contribution < 1.29 is 5.11 Å². The Labute approximate surface area is 83.1 Å². The van der Waals surface area contributed by atoms with E-state index in [1.54, 1.807) is 0 Å². The molecule has 4 N–H and O–H groups in total. The molecule has 6 nitrogen and oxygen atoms in total. The maximum Gasteiger partial charge on any atom is 0.224 e. The van der Waals surface area contributed by atoms with Crippen LogP contribution in [0, 0.1) is 0 Å². The van der Waals surface area contributed by atoms with Crippen molar-refractivity contribution in [3.05, 3.63) is 5.82 Å². The Morgan fingerprint density at radius 2 is 2.21 bits per heavy atom. The average molecular weight is 199 g/mol. The van der Waals surface area contributed by atoms with E-state index in [9.17, 15) is 0 Å². The van der Waals surface area contributed by atoms with Crippen LogP contribution < -0.4 is 11.1 Å². The fourth-order valence-corrected chi connectivity index (χ4v) is 1.27. The molecule has 1 rings (SSSR count). The second-order valence-corrected chi connectivity index (χ2v) is 2.95. The summed E-state index contributed by atoms with van der Waals surface area (Å²) in [4.78, 5) is 0. The van der Waals surface area contributed by atoms with Crippen LogP contribution in [-0.4, -0.2) is 33.0 Å². The Kier molecular flexibility index (Phi) is 3.84. The summed E-state index contributed by atoms with van der Waals surface area (Å²) in [5.41, 5.74) is 5.68. The smallest absolute Gasteiger partial charge is 0.224 e. The minimum atomic E-state index is -0.463. The molecule has 0 aliphatic heterocycles. The summed E-state index contributed by atoms with van der Waals surface area (Å²) in [7, 11) is 0. The largest absolute Gasteiger partial charge is 0.394 e. The highest BCUT2D eigenvalue weighted by molar-refractivity contribution is 5.26. The number of aliphatic hydroxyl groups excluding tert-OH is 1. The standard InChI is InChI=1S/C8H17N5O/c1-3-10-8-12-11-7(6(9)5-14)13(8)4-2/h6,14H,3-5,9H2,1-2H3,(H,10,12)/t6-/m1/s1. The van der Waals surface area contributed by atoms with Gasteiger partial charge in [0.2, 0.25) is 5.95 Å². The van der Waals surface area contributed by atoms with E-state index < -0.39 is 6.04 Å². The molecule has 0 amide bonds. The predicted octanol–water partition coefficient (Wildman–Crippen LogP) is -0.278. The van der Waals surface area contributed by atoms with Gasteiger partial charge in [0, 0.05) is 13.1 Å². The van der Waals surface area contributed by atoms with Crippen molar-refractivity contribution >= 4 is 5.95 Å². The summed E-state index contributed by atoms with van der Waals surface area (Å²) in [6.45, 7) is 5.37. The van der Waals surface area contributed by atoms with Crippen LogP contribution in [0.1, 0.15) is 25.7 Å². The maximum atomic E-state index is 8.92. The van der Waals surface area contributed by atoms with E-state index in [0.717, 1.165) is 13.1 Å². The van der Waals surface area contributed by atoms with Gasteiger partial charge in [0.25, 0.3) is 0 Å². The van der Waals surface area contributed by atoms with Gasteiger partial charge in [0.15, 0.2) is 5.82 Å². The number of rotatable bonds is 5. The highest BCUT2D eigenvalue weighted by atomic mass is 16.3. The molecular weight excluding hydrogens is 182 g/mol. The summed E-state index contributed by atoms with van der Waals surface area (Å²) in [5.74, 6) is 1.32. The fourth-order valence-electron chi connectivity index (χ4n) is 1.27. The van der Waals surface area contributed by atoms with Crippen molar-refractivity contribution in [1.82, 2.24) is 14.8 Å². The van der Waals surface area contributed by atoms with E-state index in [0.29, 0.717) is 11.8 Å². The highest BCUT2D eigenvalue weighted by Crippen LogP contribution is 2.12. The Bertz CT molecular complexity index is 285. The predicted molar refractivity (Wildman–Crippen MR) is 53.9 cm³/mol. The fraction of sp³-hybridized carbons (Fsp3) is 0.750. The van der Waals surface area contributed by atoms with Gasteiger partial charge in [-0.1, -0.05) is 0 Å². The van der Waals surface area contributed by atoms with Crippen LogP contribution >= 0.6 is 0 Å². The molecule has 0 aliphatic rings. The van der Waals surface area contributed by atoms with Gasteiger partial charge < -0.3 is 16.2 Å². The molecule has 6 heteroatoms. The molecule has 14 heavy (non-hydrogen) atoms. The molecular formula is C8H17N5O. The molecule has 0 aromatic carbocycles. The normalized spacial score (nSPS) is 12.9. The van der Waals surface area contributed by atoms with Crippen LogP contribution in [0.2, 0.25) is 0 Å². The second kappa shape index (κ2) is 4.92. The lowest BCUT2D eigenvalue weighted by Gasteiger charge is -2.11. The van der Waals surface area contributed by atoms with Crippen molar-refractivity contribution in [2.45, 2.75) is 26.4 Å². The zero-order chi connectivity index (χ0) is 10.6. The Hall–Kier alpha value is -1.14. The molecule has 1 atom stereocenters. The average Bonchev–Trinajstić information content (AvgIpc) is 2.60.